The van der Waals surface area contributed by atoms with E-state index in [4.69, 9.17) is 0 Å². The molecule has 4 aromatic rings. The first-order valence-electron chi connectivity index (χ1n) is 17.0. The maximum Gasteiger partial charge on any atom is 0.0991 e. The van der Waals surface area contributed by atoms with Crippen molar-refractivity contribution in [2.45, 2.75) is 58.3 Å². The fourth-order valence-corrected chi connectivity index (χ4v) is 7.19. The van der Waals surface area contributed by atoms with E-state index in [0.717, 1.165) is 24.1 Å². The van der Waals surface area contributed by atoms with Gasteiger partial charge in [0.2, 0.25) is 0 Å². The van der Waals surface area contributed by atoms with Gasteiger partial charge in [-0.15, -0.1) is 6.58 Å². The van der Waals surface area contributed by atoms with Gasteiger partial charge < -0.3 is 4.57 Å². The van der Waals surface area contributed by atoms with Crippen LogP contribution in [0.1, 0.15) is 69.0 Å². The fourth-order valence-electron chi connectivity index (χ4n) is 7.19. The second-order valence-corrected chi connectivity index (χ2v) is 12.5. The van der Waals surface area contributed by atoms with E-state index in [-0.39, 0.29) is 5.41 Å². The van der Waals surface area contributed by atoms with Crippen LogP contribution in [0.15, 0.2) is 152 Å². The summed E-state index contributed by atoms with van der Waals surface area (Å²) in [5.74, 6) is 0. The molecule has 1 unspecified atom stereocenters. The van der Waals surface area contributed by atoms with Gasteiger partial charge in [0.25, 0.3) is 0 Å². The van der Waals surface area contributed by atoms with E-state index in [9.17, 15) is 5.26 Å². The zero-order valence-electron chi connectivity index (χ0n) is 29.0. The average molecular weight is 627 g/mol. The number of allylic oxidation sites excluding steroid dienone is 13. The molecule has 0 saturated carbocycles. The second-order valence-electron chi connectivity index (χ2n) is 12.5. The SMILES string of the molecule is C=C/C(=C\CC=CC1(c2ccccc2)C=CC=C(C#N)C=C1)n1c2c(c3c4c(ccc31)C(C)(C)c1ccccc1-4)CC=C2.C=CC.CC. The van der Waals surface area contributed by atoms with E-state index in [1.54, 1.807) is 6.08 Å². The molecule has 0 N–H and O–H groups in total. The molecule has 240 valence electrons. The molecule has 1 atom stereocenters. The summed E-state index contributed by atoms with van der Waals surface area (Å²) in [4.78, 5) is 0. The Labute approximate surface area is 287 Å². The summed E-state index contributed by atoms with van der Waals surface area (Å²) in [5.41, 5.74) is 11.9. The molecule has 1 aromatic heterocycles. The highest BCUT2D eigenvalue weighted by atomic mass is 15.0. The van der Waals surface area contributed by atoms with E-state index in [2.05, 4.69) is 141 Å². The Hall–Kier alpha value is -5.39. The maximum atomic E-state index is 9.47. The Morgan fingerprint density at radius 1 is 0.938 bits per heavy atom. The molecular weight excluding hydrogens is 581 g/mol. The highest BCUT2D eigenvalue weighted by Crippen LogP contribution is 2.53. The first kappa shape index (κ1) is 34.0. The molecule has 2 heteroatoms. The van der Waals surface area contributed by atoms with Crippen molar-refractivity contribution in [2.24, 2.45) is 0 Å². The zero-order chi connectivity index (χ0) is 34.3. The number of nitriles is 1. The van der Waals surface area contributed by atoms with Crippen molar-refractivity contribution < 1.29 is 0 Å². The summed E-state index contributed by atoms with van der Waals surface area (Å²) in [5, 5.41) is 10.8. The summed E-state index contributed by atoms with van der Waals surface area (Å²) in [6, 6.07) is 26.3. The molecule has 0 amide bonds. The molecule has 3 aliphatic carbocycles. The minimum atomic E-state index is -0.427. The van der Waals surface area contributed by atoms with E-state index >= 15 is 0 Å². The van der Waals surface area contributed by atoms with Crippen LogP contribution in [-0.4, -0.2) is 4.57 Å². The fraction of sp³-hybridized carbons (Fsp3) is 0.196. The Morgan fingerprint density at radius 3 is 2.40 bits per heavy atom. The number of fused-ring (bicyclic) bond motifs is 7. The third-order valence-electron chi connectivity index (χ3n) is 9.33. The van der Waals surface area contributed by atoms with Gasteiger partial charge in [-0.05, 0) is 83.5 Å². The molecule has 3 aliphatic rings. The van der Waals surface area contributed by atoms with E-state index in [0.29, 0.717) is 5.57 Å². The third-order valence-corrected chi connectivity index (χ3v) is 9.33. The number of hydrogen-bond acceptors (Lipinski definition) is 1. The van der Waals surface area contributed by atoms with Gasteiger partial charge in [-0.25, -0.2) is 0 Å². The van der Waals surface area contributed by atoms with Crippen molar-refractivity contribution in [2.75, 3.05) is 0 Å². The normalized spacial score (nSPS) is 18.0. The van der Waals surface area contributed by atoms with Crippen LogP contribution in [0.2, 0.25) is 0 Å². The van der Waals surface area contributed by atoms with Crippen molar-refractivity contribution in [3.05, 3.63) is 180 Å². The second kappa shape index (κ2) is 14.6. The lowest BCUT2D eigenvalue weighted by Crippen LogP contribution is -2.17. The van der Waals surface area contributed by atoms with Gasteiger partial charge in [-0.2, -0.15) is 5.26 Å². The monoisotopic (exact) mass is 626 g/mol. The van der Waals surface area contributed by atoms with Crippen LogP contribution in [-0.2, 0) is 17.3 Å². The lowest BCUT2D eigenvalue weighted by atomic mass is 9.79. The number of hydrogen-bond donors (Lipinski definition) is 0. The Balaban J connectivity index is 0.000000855. The predicted molar refractivity (Wildman–Crippen MR) is 208 cm³/mol. The van der Waals surface area contributed by atoms with Crippen LogP contribution in [0.25, 0.3) is 33.8 Å². The standard InChI is InChI=1S/C41H34N2.C3H6.C2H6/c1-4-31(17-10-11-25-41(30-15-6-5-7-16-30)26-13-14-29(28-42)24-27-41)43-36-21-12-19-33(36)39-37(43)23-22-35-38(39)32-18-8-9-20-34(32)40(35,2)3;1-3-2;1-2/h4-9,11-18,20-27H,1,10,19H2,2-3H3;3H,1H2,2H3;1-2H3/b25-11?,31-17+;;. The van der Waals surface area contributed by atoms with Crippen LogP contribution < -0.4 is 0 Å². The van der Waals surface area contributed by atoms with Crippen molar-refractivity contribution in [1.29, 1.82) is 5.26 Å². The summed E-state index contributed by atoms with van der Waals surface area (Å²) in [6.45, 7) is 18.2. The number of rotatable bonds is 6. The third kappa shape index (κ3) is 5.94. The molecule has 7 rings (SSSR count). The van der Waals surface area contributed by atoms with E-state index in [1.807, 2.05) is 51.1 Å². The molecule has 0 spiro atoms. The topological polar surface area (TPSA) is 28.7 Å². The number of benzene rings is 3. The van der Waals surface area contributed by atoms with E-state index < -0.39 is 5.41 Å². The molecular formula is C46H46N2. The van der Waals surface area contributed by atoms with Gasteiger partial charge in [0.1, 0.15) is 0 Å². The molecule has 1 heterocycles. The number of nitrogens with zero attached hydrogens (tertiary/aromatic N) is 2. The molecule has 3 aromatic carbocycles. The lowest BCUT2D eigenvalue weighted by Gasteiger charge is -2.24. The molecule has 0 radical (unpaired) electrons. The highest BCUT2D eigenvalue weighted by Gasteiger charge is 2.38. The predicted octanol–water partition coefficient (Wildman–Crippen LogP) is 12.2. The smallest absolute Gasteiger partial charge is 0.0991 e. The van der Waals surface area contributed by atoms with Gasteiger partial charge >= 0.3 is 0 Å². The summed E-state index contributed by atoms with van der Waals surface area (Å²) >= 11 is 0. The molecule has 48 heavy (non-hydrogen) atoms. The van der Waals surface area contributed by atoms with Gasteiger partial charge in [0, 0.05) is 21.9 Å². The average Bonchev–Trinajstić information content (AvgIpc) is 3.72. The Kier molecular flexibility index (Phi) is 10.3. The first-order chi connectivity index (χ1) is 23.4. The molecule has 0 aliphatic heterocycles. The van der Waals surface area contributed by atoms with Crippen molar-refractivity contribution >= 4 is 22.7 Å². The van der Waals surface area contributed by atoms with Crippen LogP contribution >= 0.6 is 0 Å². The zero-order valence-corrected chi connectivity index (χ0v) is 29.0. The van der Waals surface area contributed by atoms with Crippen molar-refractivity contribution in [1.82, 2.24) is 4.57 Å². The quantitative estimate of drug-likeness (QED) is 0.155. The molecule has 0 bridgehead atoms. The maximum absolute atomic E-state index is 9.47. The van der Waals surface area contributed by atoms with Gasteiger partial charge in [-0.3, -0.25) is 0 Å². The van der Waals surface area contributed by atoms with Crippen molar-refractivity contribution in [3.8, 4) is 17.2 Å². The molecule has 0 fully saturated rings. The summed E-state index contributed by atoms with van der Waals surface area (Å²) in [6.07, 6.45) is 26.8. The van der Waals surface area contributed by atoms with Crippen LogP contribution in [0.3, 0.4) is 0 Å². The molecule has 0 saturated heterocycles. The van der Waals surface area contributed by atoms with Crippen molar-refractivity contribution in [3.63, 3.8) is 0 Å². The summed E-state index contributed by atoms with van der Waals surface area (Å²) in [7, 11) is 0. The van der Waals surface area contributed by atoms with Gasteiger partial charge in [0.15, 0.2) is 0 Å². The van der Waals surface area contributed by atoms with Crippen LogP contribution in [0.5, 0.6) is 0 Å². The van der Waals surface area contributed by atoms with Crippen LogP contribution in [0, 0.1) is 11.3 Å². The largest absolute Gasteiger partial charge is 0.310 e. The number of aromatic nitrogens is 1. The summed E-state index contributed by atoms with van der Waals surface area (Å²) < 4.78 is 2.39. The van der Waals surface area contributed by atoms with Gasteiger partial charge in [-0.1, -0.05) is 144 Å². The Morgan fingerprint density at radius 2 is 1.67 bits per heavy atom. The lowest BCUT2D eigenvalue weighted by molar-refractivity contribution is 0.661. The highest BCUT2D eigenvalue weighted by molar-refractivity contribution is 6.07. The minimum absolute atomic E-state index is 0.0256. The van der Waals surface area contributed by atoms with E-state index in [1.165, 1.54) is 44.4 Å². The Bertz CT molecular complexity index is 2060. The van der Waals surface area contributed by atoms with Gasteiger partial charge in [0.05, 0.1) is 22.9 Å². The van der Waals surface area contributed by atoms with Crippen LogP contribution in [0.4, 0.5) is 0 Å². The first-order valence-corrected chi connectivity index (χ1v) is 17.0. The minimum Gasteiger partial charge on any atom is -0.310 e. The molecule has 2 nitrogen and oxygen atoms in total.